The molecule has 1 aromatic rings. The second kappa shape index (κ2) is 4.00. The molecule has 0 aliphatic carbocycles. The minimum Gasteiger partial charge on any atom is -0.465 e. The number of likely N-dealkylation sites (tertiary alicyclic amines) is 2. The number of carboxylic acid groups (broad SMARTS) is 1. The van der Waals surface area contributed by atoms with E-state index in [1.807, 2.05) is 12.1 Å². The van der Waals surface area contributed by atoms with Crippen molar-refractivity contribution in [3.63, 3.8) is 0 Å². The normalized spacial score (nSPS) is 27.6. The standard InChI is InChI=1S/C12H15N3O2/c16-12(17)15-8-10-5-11(15)7-14(10)6-9-1-3-13-4-2-9/h1-4,10-11H,5-8H2,(H,16,17). The first-order valence-corrected chi connectivity index (χ1v) is 5.86. The molecule has 1 aromatic heterocycles. The van der Waals surface area contributed by atoms with Crippen molar-refractivity contribution < 1.29 is 9.90 Å². The predicted molar refractivity (Wildman–Crippen MR) is 61.6 cm³/mol. The van der Waals surface area contributed by atoms with Gasteiger partial charge in [-0.1, -0.05) is 0 Å². The second-order valence-electron chi connectivity index (χ2n) is 4.76. The Bertz CT molecular complexity index is 423. The topological polar surface area (TPSA) is 56.7 Å². The van der Waals surface area contributed by atoms with Crippen LogP contribution in [0.2, 0.25) is 0 Å². The molecule has 5 heteroatoms. The van der Waals surface area contributed by atoms with E-state index in [-0.39, 0.29) is 6.04 Å². The lowest BCUT2D eigenvalue weighted by Crippen LogP contribution is -2.47. The van der Waals surface area contributed by atoms with Crippen molar-refractivity contribution in [1.82, 2.24) is 14.8 Å². The van der Waals surface area contributed by atoms with Crippen molar-refractivity contribution in [2.75, 3.05) is 13.1 Å². The van der Waals surface area contributed by atoms with Crippen LogP contribution in [-0.4, -0.2) is 51.2 Å². The Hall–Kier alpha value is -1.62. The van der Waals surface area contributed by atoms with Gasteiger partial charge in [0.15, 0.2) is 0 Å². The maximum Gasteiger partial charge on any atom is 0.407 e. The van der Waals surface area contributed by atoms with E-state index in [1.54, 1.807) is 17.3 Å². The van der Waals surface area contributed by atoms with Crippen LogP contribution in [0.15, 0.2) is 24.5 Å². The fraction of sp³-hybridized carbons (Fsp3) is 0.500. The van der Waals surface area contributed by atoms with E-state index in [0.717, 1.165) is 19.5 Å². The largest absolute Gasteiger partial charge is 0.465 e. The summed E-state index contributed by atoms with van der Waals surface area (Å²) in [6.45, 7) is 2.42. The van der Waals surface area contributed by atoms with Gasteiger partial charge in [-0.05, 0) is 24.1 Å². The van der Waals surface area contributed by atoms with E-state index in [9.17, 15) is 4.79 Å². The number of carbonyl (C=O) groups is 1. The monoisotopic (exact) mass is 233 g/mol. The summed E-state index contributed by atoms with van der Waals surface area (Å²) in [4.78, 5) is 18.9. The molecule has 3 heterocycles. The molecule has 2 saturated heterocycles. The van der Waals surface area contributed by atoms with Crippen molar-refractivity contribution in [2.45, 2.75) is 25.0 Å². The molecule has 17 heavy (non-hydrogen) atoms. The van der Waals surface area contributed by atoms with E-state index in [4.69, 9.17) is 5.11 Å². The van der Waals surface area contributed by atoms with Crippen molar-refractivity contribution in [3.8, 4) is 0 Å². The van der Waals surface area contributed by atoms with Crippen LogP contribution in [0.4, 0.5) is 4.79 Å². The molecule has 0 aromatic carbocycles. The smallest absolute Gasteiger partial charge is 0.407 e. The molecule has 5 nitrogen and oxygen atoms in total. The summed E-state index contributed by atoms with van der Waals surface area (Å²) in [5.41, 5.74) is 1.24. The molecular formula is C12H15N3O2. The van der Waals surface area contributed by atoms with Gasteiger partial charge in [-0.25, -0.2) is 4.79 Å². The van der Waals surface area contributed by atoms with E-state index < -0.39 is 6.09 Å². The Morgan fingerprint density at radius 3 is 2.71 bits per heavy atom. The molecule has 2 bridgehead atoms. The van der Waals surface area contributed by atoms with Crippen LogP contribution in [0, 0.1) is 0 Å². The molecule has 2 unspecified atom stereocenters. The number of hydrogen-bond donors (Lipinski definition) is 1. The lowest BCUT2D eigenvalue weighted by atomic mass is 10.2. The molecule has 0 radical (unpaired) electrons. The highest BCUT2D eigenvalue weighted by Gasteiger charge is 2.44. The van der Waals surface area contributed by atoms with Crippen LogP contribution in [0.1, 0.15) is 12.0 Å². The summed E-state index contributed by atoms with van der Waals surface area (Å²) in [7, 11) is 0. The lowest BCUT2D eigenvalue weighted by molar-refractivity contribution is 0.100. The molecule has 90 valence electrons. The fourth-order valence-corrected chi connectivity index (χ4v) is 2.90. The number of hydrogen-bond acceptors (Lipinski definition) is 3. The number of rotatable bonds is 2. The second-order valence-corrected chi connectivity index (χ2v) is 4.76. The predicted octanol–water partition coefficient (Wildman–Crippen LogP) is 1.02. The van der Waals surface area contributed by atoms with Gasteiger partial charge in [0.25, 0.3) is 0 Å². The van der Waals surface area contributed by atoms with Gasteiger partial charge in [0.1, 0.15) is 0 Å². The van der Waals surface area contributed by atoms with Crippen molar-refractivity contribution in [2.24, 2.45) is 0 Å². The molecule has 1 amide bonds. The average Bonchev–Trinajstić information content (AvgIpc) is 2.89. The Morgan fingerprint density at radius 1 is 1.35 bits per heavy atom. The first-order chi connectivity index (χ1) is 8.24. The first kappa shape index (κ1) is 10.5. The molecule has 0 saturated carbocycles. The third kappa shape index (κ3) is 1.86. The Kier molecular flexibility index (Phi) is 2.48. The van der Waals surface area contributed by atoms with Crippen molar-refractivity contribution in [3.05, 3.63) is 30.1 Å². The number of nitrogens with zero attached hydrogens (tertiary/aromatic N) is 3. The van der Waals surface area contributed by atoms with E-state index in [0.29, 0.717) is 12.6 Å². The number of pyridine rings is 1. The van der Waals surface area contributed by atoms with Gasteiger partial charge in [-0.15, -0.1) is 0 Å². The molecule has 2 aliphatic heterocycles. The highest BCUT2D eigenvalue weighted by atomic mass is 16.4. The number of amides is 1. The summed E-state index contributed by atoms with van der Waals surface area (Å²) >= 11 is 0. The molecular weight excluding hydrogens is 218 g/mol. The van der Waals surface area contributed by atoms with Crippen molar-refractivity contribution >= 4 is 6.09 Å². The van der Waals surface area contributed by atoms with Crippen LogP contribution in [-0.2, 0) is 6.54 Å². The van der Waals surface area contributed by atoms with E-state index in [2.05, 4.69) is 9.88 Å². The van der Waals surface area contributed by atoms with Gasteiger partial charge in [-0.2, -0.15) is 0 Å². The molecule has 0 spiro atoms. The third-order valence-electron chi connectivity index (χ3n) is 3.73. The van der Waals surface area contributed by atoms with Crippen LogP contribution >= 0.6 is 0 Å². The zero-order chi connectivity index (χ0) is 11.8. The maximum absolute atomic E-state index is 11.0. The fourth-order valence-electron chi connectivity index (χ4n) is 2.90. The lowest BCUT2D eigenvalue weighted by Gasteiger charge is -2.32. The van der Waals surface area contributed by atoms with Gasteiger partial charge in [-0.3, -0.25) is 9.88 Å². The molecule has 2 atom stereocenters. The van der Waals surface area contributed by atoms with Gasteiger partial charge >= 0.3 is 6.09 Å². The zero-order valence-electron chi connectivity index (χ0n) is 9.49. The number of fused-ring (bicyclic) bond motifs is 2. The highest BCUT2D eigenvalue weighted by molar-refractivity contribution is 5.66. The zero-order valence-corrected chi connectivity index (χ0v) is 9.49. The van der Waals surface area contributed by atoms with Gasteiger partial charge in [0, 0.05) is 44.1 Å². The third-order valence-corrected chi connectivity index (χ3v) is 3.73. The summed E-state index contributed by atoms with van der Waals surface area (Å²) in [5.74, 6) is 0. The van der Waals surface area contributed by atoms with E-state index in [1.165, 1.54) is 5.56 Å². The van der Waals surface area contributed by atoms with Crippen LogP contribution in [0.25, 0.3) is 0 Å². The van der Waals surface area contributed by atoms with Crippen LogP contribution in [0.5, 0.6) is 0 Å². The SMILES string of the molecule is O=C(O)N1CC2CC1CN2Cc1ccncc1. The minimum absolute atomic E-state index is 0.194. The van der Waals surface area contributed by atoms with Gasteiger partial charge in [0.2, 0.25) is 0 Å². The van der Waals surface area contributed by atoms with Gasteiger partial charge in [0.05, 0.1) is 0 Å². The first-order valence-electron chi connectivity index (χ1n) is 5.86. The van der Waals surface area contributed by atoms with Crippen LogP contribution < -0.4 is 0 Å². The summed E-state index contributed by atoms with van der Waals surface area (Å²) in [6, 6.07) is 4.62. The minimum atomic E-state index is -0.777. The molecule has 3 rings (SSSR count). The molecule has 1 N–H and O–H groups in total. The Labute approximate surface area is 99.7 Å². The quantitative estimate of drug-likeness (QED) is 0.828. The average molecular weight is 233 g/mol. The van der Waals surface area contributed by atoms with Crippen LogP contribution in [0.3, 0.4) is 0 Å². The molecule has 2 fully saturated rings. The number of piperazine rings is 1. The van der Waals surface area contributed by atoms with Gasteiger partial charge < -0.3 is 10.0 Å². The summed E-state index contributed by atoms with van der Waals surface area (Å²) < 4.78 is 0. The summed E-state index contributed by atoms with van der Waals surface area (Å²) in [6.07, 6.45) is 3.80. The maximum atomic E-state index is 11.0. The number of aromatic nitrogens is 1. The highest BCUT2D eigenvalue weighted by Crippen LogP contribution is 2.31. The molecule has 2 aliphatic rings. The van der Waals surface area contributed by atoms with E-state index >= 15 is 0 Å². The van der Waals surface area contributed by atoms with Crippen molar-refractivity contribution in [1.29, 1.82) is 0 Å². The summed E-state index contributed by atoms with van der Waals surface area (Å²) in [5, 5.41) is 9.01. The Balaban J connectivity index is 1.65. The Morgan fingerprint density at radius 2 is 2.12 bits per heavy atom.